The molecule has 0 saturated heterocycles. The van der Waals surface area contributed by atoms with Crippen molar-refractivity contribution in [2.45, 2.75) is 38.1 Å². The molecule has 1 heterocycles. The molecule has 1 saturated carbocycles. The number of para-hydroxylation sites is 3. The fourth-order valence-corrected chi connectivity index (χ4v) is 4.85. The Morgan fingerprint density at radius 3 is 2.38 bits per heavy atom. The highest BCUT2D eigenvalue weighted by atomic mass is 32.2. The number of hydrogen-bond donors (Lipinski definition) is 1. The maximum absolute atomic E-state index is 14.3. The highest BCUT2D eigenvalue weighted by Crippen LogP contribution is 2.49. The van der Waals surface area contributed by atoms with Gasteiger partial charge in [0.15, 0.2) is 11.6 Å². The summed E-state index contributed by atoms with van der Waals surface area (Å²) >= 11 is 1.36. The van der Waals surface area contributed by atoms with E-state index in [9.17, 15) is 8.78 Å². The zero-order chi connectivity index (χ0) is 17.9. The van der Waals surface area contributed by atoms with Crippen LogP contribution in [0.1, 0.15) is 32.1 Å². The Kier molecular flexibility index (Phi) is 5.31. The van der Waals surface area contributed by atoms with Gasteiger partial charge in [-0.1, -0.05) is 31.0 Å². The third-order valence-electron chi connectivity index (χ3n) is 5.02. The second-order valence-electron chi connectivity index (χ2n) is 6.83. The topological polar surface area (TPSA) is 18.5 Å². The predicted molar refractivity (Wildman–Crippen MR) is 105 cm³/mol. The van der Waals surface area contributed by atoms with Crippen molar-refractivity contribution in [1.82, 2.24) is 5.32 Å². The summed E-state index contributed by atoms with van der Waals surface area (Å²) < 4.78 is 32.3. The van der Waals surface area contributed by atoms with Gasteiger partial charge in [-0.25, -0.2) is 8.78 Å². The van der Waals surface area contributed by atoms with E-state index in [-0.39, 0.29) is 5.69 Å². The number of benzene rings is 2. The van der Waals surface area contributed by atoms with Crippen LogP contribution in [0, 0.1) is 11.6 Å². The van der Waals surface area contributed by atoms with Gasteiger partial charge >= 0.3 is 0 Å². The molecule has 0 atom stereocenters. The van der Waals surface area contributed by atoms with Gasteiger partial charge in [-0.3, -0.25) is 8.61 Å². The molecule has 6 heteroatoms. The highest BCUT2D eigenvalue weighted by Gasteiger charge is 2.31. The van der Waals surface area contributed by atoms with Gasteiger partial charge in [0.05, 0.1) is 23.5 Å². The van der Waals surface area contributed by atoms with Crippen molar-refractivity contribution >= 4 is 29.2 Å². The number of rotatable bonds is 6. The zero-order valence-electron chi connectivity index (χ0n) is 14.6. The highest BCUT2D eigenvalue weighted by molar-refractivity contribution is 8.02. The lowest BCUT2D eigenvalue weighted by molar-refractivity contribution is 0.518. The quantitative estimate of drug-likeness (QED) is 0.537. The lowest BCUT2D eigenvalue weighted by Crippen LogP contribution is -2.29. The van der Waals surface area contributed by atoms with Crippen LogP contribution >= 0.6 is 12.1 Å². The molecule has 1 aliphatic heterocycles. The van der Waals surface area contributed by atoms with Crippen LogP contribution in [0.4, 0.5) is 25.8 Å². The first-order valence-electron chi connectivity index (χ1n) is 9.26. The first-order valence-corrected chi connectivity index (χ1v) is 9.99. The summed E-state index contributed by atoms with van der Waals surface area (Å²) in [7, 11) is 0. The van der Waals surface area contributed by atoms with Crippen LogP contribution in [0.25, 0.3) is 0 Å². The summed E-state index contributed by atoms with van der Waals surface area (Å²) in [4.78, 5) is 0. The minimum absolute atomic E-state index is 0.00321. The molecule has 0 unspecified atom stereocenters. The Hall–Kier alpha value is -1.79. The summed E-state index contributed by atoms with van der Waals surface area (Å²) in [6.45, 7) is 1.80. The van der Waals surface area contributed by atoms with Crippen LogP contribution in [-0.4, -0.2) is 19.1 Å². The maximum Gasteiger partial charge on any atom is 0.150 e. The Morgan fingerprint density at radius 1 is 0.962 bits per heavy atom. The molecule has 0 aromatic heterocycles. The Balaban J connectivity index is 1.46. The van der Waals surface area contributed by atoms with Gasteiger partial charge in [0.2, 0.25) is 0 Å². The van der Waals surface area contributed by atoms with Crippen molar-refractivity contribution in [3.05, 3.63) is 54.1 Å². The van der Waals surface area contributed by atoms with E-state index in [0.717, 1.165) is 30.9 Å². The second kappa shape index (κ2) is 7.84. The smallest absolute Gasteiger partial charge is 0.150 e. The van der Waals surface area contributed by atoms with Gasteiger partial charge < -0.3 is 5.32 Å². The standard InChI is InChI=1S/C20H23F2N3S/c21-16-9-5-10-17(22)20(16)25-19-12-4-3-11-18(19)24(26-25)14-6-13-23-15-7-1-2-8-15/h3-5,9-12,15,23H,1-2,6-8,13-14H2. The van der Waals surface area contributed by atoms with E-state index in [1.807, 2.05) is 24.3 Å². The minimum Gasteiger partial charge on any atom is -0.314 e. The molecule has 0 radical (unpaired) electrons. The fraction of sp³-hybridized carbons (Fsp3) is 0.400. The molecule has 1 fully saturated rings. The molecule has 2 aromatic rings. The van der Waals surface area contributed by atoms with E-state index < -0.39 is 11.6 Å². The Morgan fingerprint density at radius 2 is 1.65 bits per heavy atom. The van der Waals surface area contributed by atoms with E-state index in [2.05, 4.69) is 9.62 Å². The molecule has 3 nitrogen and oxygen atoms in total. The van der Waals surface area contributed by atoms with Crippen molar-refractivity contribution in [2.75, 3.05) is 21.7 Å². The zero-order valence-corrected chi connectivity index (χ0v) is 15.4. The number of anilines is 3. The monoisotopic (exact) mass is 375 g/mol. The van der Waals surface area contributed by atoms with Gasteiger partial charge in [0.1, 0.15) is 5.69 Å². The van der Waals surface area contributed by atoms with Gasteiger partial charge in [0.25, 0.3) is 0 Å². The van der Waals surface area contributed by atoms with Crippen LogP contribution in [0.15, 0.2) is 42.5 Å². The van der Waals surface area contributed by atoms with E-state index in [4.69, 9.17) is 0 Å². The van der Waals surface area contributed by atoms with Crippen LogP contribution < -0.4 is 13.9 Å². The number of hydrogen-bond acceptors (Lipinski definition) is 4. The molecule has 1 N–H and O–H groups in total. The average molecular weight is 375 g/mol. The molecule has 2 aliphatic rings. The second-order valence-corrected chi connectivity index (χ2v) is 7.80. The molecule has 2 aromatic carbocycles. The normalized spacial score (nSPS) is 17.2. The number of halogens is 2. The van der Waals surface area contributed by atoms with Crippen molar-refractivity contribution in [3.63, 3.8) is 0 Å². The molecular weight excluding hydrogens is 352 g/mol. The summed E-state index contributed by atoms with van der Waals surface area (Å²) in [5.74, 6) is -1.09. The van der Waals surface area contributed by atoms with Gasteiger partial charge in [0, 0.05) is 12.6 Å². The van der Waals surface area contributed by atoms with Gasteiger partial charge in [-0.15, -0.1) is 0 Å². The van der Waals surface area contributed by atoms with Gasteiger partial charge in [-0.2, -0.15) is 0 Å². The molecule has 138 valence electrons. The van der Waals surface area contributed by atoms with Crippen molar-refractivity contribution in [3.8, 4) is 0 Å². The molecule has 26 heavy (non-hydrogen) atoms. The molecule has 4 rings (SSSR count). The number of fused-ring (bicyclic) bond motifs is 1. The average Bonchev–Trinajstić information content (AvgIpc) is 3.27. The number of nitrogens with one attached hydrogen (secondary N) is 1. The predicted octanol–water partition coefficient (Wildman–Crippen LogP) is 5.41. The molecule has 1 aliphatic carbocycles. The fourth-order valence-electron chi connectivity index (χ4n) is 3.70. The summed E-state index contributed by atoms with van der Waals surface area (Å²) in [5.41, 5.74) is 1.82. The third-order valence-corrected chi connectivity index (χ3v) is 6.14. The third kappa shape index (κ3) is 3.53. The molecular formula is C20H23F2N3S. The lowest BCUT2D eigenvalue weighted by Gasteiger charge is -2.21. The van der Waals surface area contributed by atoms with Gasteiger partial charge in [-0.05, 0) is 50.1 Å². The molecule has 0 amide bonds. The van der Waals surface area contributed by atoms with E-state index >= 15 is 0 Å². The first-order chi connectivity index (χ1) is 12.7. The number of nitrogens with zero attached hydrogens (tertiary/aromatic N) is 2. The minimum atomic E-state index is -0.544. The van der Waals surface area contributed by atoms with Crippen LogP contribution in [-0.2, 0) is 0 Å². The molecule has 0 spiro atoms. The van der Waals surface area contributed by atoms with E-state index in [1.54, 1.807) is 4.31 Å². The Bertz CT molecular complexity index is 744. The van der Waals surface area contributed by atoms with Crippen LogP contribution in [0.2, 0.25) is 0 Å². The Labute approximate surface area is 157 Å². The largest absolute Gasteiger partial charge is 0.314 e. The summed E-state index contributed by atoms with van der Waals surface area (Å²) in [6, 6.07) is 12.4. The summed E-state index contributed by atoms with van der Waals surface area (Å²) in [5, 5.41) is 3.62. The van der Waals surface area contributed by atoms with E-state index in [0.29, 0.717) is 6.04 Å². The molecule has 0 bridgehead atoms. The van der Waals surface area contributed by atoms with Crippen LogP contribution in [0.5, 0.6) is 0 Å². The van der Waals surface area contributed by atoms with Crippen molar-refractivity contribution in [2.24, 2.45) is 0 Å². The van der Waals surface area contributed by atoms with Crippen LogP contribution in [0.3, 0.4) is 0 Å². The summed E-state index contributed by atoms with van der Waals surface area (Å²) in [6.07, 6.45) is 6.21. The maximum atomic E-state index is 14.3. The van der Waals surface area contributed by atoms with E-state index in [1.165, 1.54) is 56.0 Å². The lowest BCUT2D eigenvalue weighted by atomic mass is 10.2. The SMILES string of the molecule is Fc1cccc(F)c1N1SN(CCCNC2CCCC2)c2ccccc21. The first kappa shape index (κ1) is 17.6. The van der Waals surface area contributed by atoms with Crippen molar-refractivity contribution in [1.29, 1.82) is 0 Å². The van der Waals surface area contributed by atoms with Crippen molar-refractivity contribution < 1.29 is 8.78 Å².